The summed E-state index contributed by atoms with van der Waals surface area (Å²) in [6.45, 7) is 0. The standard InChI is InChI=1S/C13H14F2N2O3/c14-13(15)19-10-6-5-9(7-11(10)20-13)17-12(18)16-8-3-1-2-4-8/h5-8H,1-4H2,(H2,16,17,18). The number of hydrogen-bond acceptors (Lipinski definition) is 3. The van der Waals surface area contributed by atoms with Gasteiger partial charge in [0.2, 0.25) is 0 Å². The fourth-order valence-electron chi connectivity index (χ4n) is 2.45. The van der Waals surface area contributed by atoms with Crippen molar-refractivity contribution in [2.24, 2.45) is 0 Å². The summed E-state index contributed by atoms with van der Waals surface area (Å²) in [7, 11) is 0. The molecule has 0 radical (unpaired) electrons. The van der Waals surface area contributed by atoms with Crippen molar-refractivity contribution in [3.05, 3.63) is 18.2 Å². The van der Waals surface area contributed by atoms with Gasteiger partial charge >= 0.3 is 12.3 Å². The summed E-state index contributed by atoms with van der Waals surface area (Å²) in [6.07, 6.45) is 0.530. The third-order valence-electron chi connectivity index (χ3n) is 3.35. The molecule has 0 aromatic heterocycles. The van der Waals surface area contributed by atoms with Crippen molar-refractivity contribution in [1.82, 2.24) is 5.32 Å². The van der Waals surface area contributed by atoms with Crippen molar-refractivity contribution in [2.75, 3.05) is 5.32 Å². The van der Waals surface area contributed by atoms with E-state index in [1.165, 1.54) is 18.2 Å². The largest absolute Gasteiger partial charge is 0.586 e. The first-order valence-electron chi connectivity index (χ1n) is 6.49. The Morgan fingerprint density at radius 3 is 2.65 bits per heavy atom. The first kappa shape index (κ1) is 13.0. The second-order valence-electron chi connectivity index (χ2n) is 4.91. The van der Waals surface area contributed by atoms with Crippen LogP contribution in [0.25, 0.3) is 0 Å². The van der Waals surface area contributed by atoms with E-state index in [2.05, 4.69) is 20.1 Å². The molecule has 1 fully saturated rings. The minimum atomic E-state index is -3.65. The molecule has 20 heavy (non-hydrogen) atoms. The Hall–Kier alpha value is -2.05. The Balaban J connectivity index is 1.62. The summed E-state index contributed by atoms with van der Waals surface area (Å²) in [5, 5.41) is 5.44. The molecule has 2 N–H and O–H groups in total. The molecular formula is C13H14F2N2O3. The molecule has 5 nitrogen and oxygen atoms in total. The average molecular weight is 284 g/mol. The molecule has 1 aromatic carbocycles. The van der Waals surface area contributed by atoms with Gasteiger partial charge in [-0.25, -0.2) is 4.79 Å². The summed E-state index contributed by atoms with van der Waals surface area (Å²) in [5.41, 5.74) is 0.376. The molecule has 0 saturated heterocycles. The highest BCUT2D eigenvalue weighted by Gasteiger charge is 2.43. The number of benzene rings is 1. The fourth-order valence-corrected chi connectivity index (χ4v) is 2.45. The summed E-state index contributed by atoms with van der Waals surface area (Å²) in [5.74, 6) is -0.134. The van der Waals surface area contributed by atoms with Crippen molar-refractivity contribution in [1.29, 1.82) is 0 Å². The third-order valence-corrected chi connectivity index (χ3v) is 3.35. The van der Waals surface area contributed by atoms with E-state index in [9.17, 15) is 13.6 Å². The first-order valence-corrected chi connectivity index (χ1v) is 6.49. The summed E-state index contributed by atoms with van der Waals surface area (Å²) in [6, 6.07) is 3.97. The van der Waals surface area contributed by atoms with Crippen LogP contribution in [0.5, 0.6) is 11.5 Å². The number of anilines is 1. The molecule has 3 rings (SSSR count). The molecule has 1 aromatic rings. The zero-order valence-electron chi connectivity index (χ0n) is 10.6. The summed E-state index contributed by atoms with van der Waals surface area (Å²) in [4.78, 5) is 11.8. The van der Waals surface area contributed by atoms with E-state index in [1.54, 1.807) is 0 Å². The van der Waals surface area contributed by atoms with Gasteiger partial charge in [-0.2, -0.15) is 0 Å². The quantitative estimate of drug-likeness (QED) is 0.877. The van der Waals surface area contributed by atoms with E-state index < -0.39 is 6.29 Å². The van der Waals surface area contributed by atoms with Gasteiger partial charge in [-0.1, -0.05) is 12.8 Å². The van der Waals surface area contributed by atoms with Crippen molar-refractivity contribution in [3.8, 4) is 11.5 Å². The number of rotatable bonds is 2. The molecule has 0 spiro atoms. The van der Waals surface area contributed by atoms with Crippen LogP contribution in [0.2, 0.25) is 0 Å². The van der Waals surface area contributed by atoms with Gasteiger partial charge < -0.3 is 20.1 Å². The Kier molecular flexibility index (Phi) is 3.11. The van der Waals surface area contributed by atoms with E-state index in [4.69, 9.17) is 0 Å². The van der Waals surface area contributed by atoms with Crippen LogP contribution < -0.4 is 20.1 Å². The maximum atomic E-state index is 12.9. The second kappa shape index (κ2) is 4.81. The lowest BCUT2D eigenvalue weighted by molar-refractivity contribution is -0.286. The van der Waals surface area contributed by atoms with Crippen molar-refractivity contribution in [2.45, 2.75) is 38.0 Å². The van der Waals surface area contributed by atoms with E-state index in [-0.39, 0.29) is 23.6 Å². The zero-order valence-corrected chi connectivity index (χ0v) is 10.6. The molecule has 0 unspecified atom stereocenters. The number of carbonyl (C=O) groups is 1. The monoisotopic (exact) mass is 284 g/mol. The number of carbonyl (C=O) groups excluding carboxylic acids is 1. The van der Waals surface area contributed by atoms with E-state index >= 15 is 0 Å². The molecule has 1 saturated carbocycles. The van der Waals surface area contributed by atoms with Crippen LogP contribution in [0, 0.1) is 0 Å². The van der Waals surface area contributed by atoms with Gasteiger partial charge in [0.05, 0.1) is 0 Å². The highest BCUT2D eigenvalue weighted by molar-refractivity contribution is 5.89. The molecule has 0 atom stereocenters. The smallest absolute Gasteiger partial charge is 0.395 e. The Labute approximate surface area is 114 Å². The van der Waals surface area contributed by atoms with Gasteiger partial charge in [-0.15, -0.1) is 8.78 Å². The van der Waals surface area contributed by atoms with Gasteiger partial charge in [-0.3, -0.25) is 0 Å². The Morgan fingerprint density at radius 1 is 1.20 bits per heavy atom. The van der Waals surface area contributed by atoms with E-state index in [1.807, 2.05) is 0 Å². The maximum Gasteiger partial charge on any atom is 0.586 e. The highest BCUT2D eigenvalue weighted by Crippen LogP contribution is 2.42. The molecule has 2 aliphatic rings. The molecule has 108 valence electrons. The van der Waals surface area contributed by atoms with Gasteiger partial charge in [0.1, 0.15) is 0 Å². The molecule has 1 aliphatic heterocycles. The highest BCUT2D eigenvalue weighted by atomic mass is 19.3. The molecule has 1 aliphatic carbocycles. The molecule has 2 amide bonds. The number of nitrogens with one attached hydrogen (secondary N) is 2. The number of ether oxygens (including phenoxy) is 2. The van der Waals surface area contributed by atoms with Gasteiger partial charge in [0, 0.05) is 17.8 Å². The topological polar surface area (TPSA) is 59.6 Å². The van der Waals surface area contributed by atoms with Crippen molar-refractivity contribution >= 4 is 11.7 Å². The van der Waals surface area contributed by atoms with E-state index in [0.717, 1.165) is 25.7 Å². The van der Waals surface area contributed by atoms with Crippen LogP contribution in [0.15, 0.2) is 18.2 Å². The van der Waals surface area contributed by atoms with Crippen LogP contribution in [-0.2, 0) is 0 Å². The molecule has 1 heterocycles. The SMILES string of the molecule is O=C(Nc1ccc2c(c1)OC(F)(F)O2)NC1CCCC1. The zero-order chi connectivity index (χ0) is 14.2. The fraction of sp³-hybridized carbons (Fsp3) is 0.462. The lowest BCUT2D eigenvalue weighted by atomic mass is 10.2. The number of fused-ring (bicyclic) bond motifs is 1. The van der Waals surface area contributed by atoms with Crippen LogP contribution in [0.1, 0.15) is 25.7 Å². The predicted molar refractivity (Wildman–Crippen MR) is 67.1 cm³/mol. The normalized spacial score (nSPS) is 19.9. The average Bonchev–Trinajstić information content (AvgIpc) is 2.94. The predicted octanol–water partition coefficient (Wildman–Crippen LogP) is 3.07. The maximum absolute atomic E-state index is 12.9. The van der Waals surface area contributed by atoms with Gasteiger partial charge in [0.25, 0.3) is 0 Å². The van der Waals surface area contributed by atoms with Gasteiger partial charge in [-0.05, 0) is 25.0 Å². The van der Waals surface area contributed by atoms with Crippen LogP contribution in [0.3, 0.4) is 0 Å². The summed E-state index contributed by atoms with van der Waals surface area (Å²) < 4.78 is 34.3. The second-order valence-corrected chi connectivity index (χ2v) is 4.91. The van der Waals surface area contributed by atoms with Crippen LogP contribution in [-0.4, -0.2) is 18.4 Å². The van der Waals surface area contributed by atoms with E-state index in [0.29, 0.717) is 5.69 Å². The lowest BCUT2D eigenvalue weighted by Gasteiger charge is -2.13. The van der Waals surface area contributed by atoms with Crippen molar-refractivity contribution in [3.63, 3.8) is 0 Å². The number of amides is 2. The van der Waals surface area contributed by atoms with Crippen molar-refractivity contribution < 1.29 is 23.0 Å². The minimum absolute atomic E-state index is 0.0447. The number of hydrogen-bond donors (Lipinski definition) is 2. The summed E-state index contributed by atoms with van der Waals surface area (Å²) >= 11 is 0. The third kappa shape index (κ3) is 2.76. The number of halogens is 2. The minimum Gasteiger partial charge on any atom is -0.395 e. The molecule has 7 heteroatoms. The first-order chi connectivity index (χ1) is 9.52. The number of urea groups is 1. The Morgan fingerprint density at radius 2 is 1.90 bits per heavy atom. The molecule has 0 bridgehead atoms. The van der Waals surface area contributed by atoms with Crippen LogP contribution >= 0.6 is 0 Å². The Bertz CT molecular complexity index is 530. The van der Waals surface area contributed by atoms with Crippen LogP contribution in [0.4, 0.5) is 19.3 Å². The number of alkyl halides is 2. The molecular weight excluding hydrogens is 270 g/mol. The lowest BCUT2D eigenvalue weighted by Crippen LogP contribution is -2.36. The van der Waals surface area contributed by atoms with Gasteiger partial charge in [0.15, 0.2) is 11.5 Å².